The van der Waals surface area contributed by atoms with Gasteiger partial charge in [0.15, 0.2) is 5.82 Å². The SMILES string of the molecule is Cc1ccc(C)c(NC(=O)CN(C)C(=O)c2nc(-c3ccccc3)n(-c3ccccc3)n2)c1. The summed E-state index contributed by atoms with van der Waals surface area (Å²) < 4.78 is 1.65. The Labute approximate surface area is 192 Å². The van der Waals surface area contributed by atoms with E-state index in [9.17, 15) is 9.59 Å². The molecule has 0 saturated heterocycles. The molecule has 1 aromatic heterocycles. The van der Waals surface area contributed by atoms with Gasteiger partial charge in [-0.2, -0.15) is 0 Å². The zero-order valence-corrected chi connectivity index (χ0v) is 18.8. The molecule has 4 aromatic rings. The van der Waals surface area contributed by atoms with E-state index < -0.39 is 5.91 Å². The lowest BCUT2D eigenvalue weighted by Gasteiger charge is -2.16. The Hall–Kier alpha value is -4.26. The quantitative estimate of drug-likeness (QED) is 0.487. The number of hydrogen-bond acceptors (Lipinski definition) is 4. The Kier molecular flexibility index (Phi) is 6.31. The summed E-state index contributed by atoms with van der Waals surface area (Å²) in [6.07, 6.45) is 0. The highest BCUT2D eigenvalue weighted by atomic mass is 16.2. The fraction of sp³-hybridized carbons (Fsp3) is 0.154. The predicted molar refractivity (Wildman–Crippen MR) is 128 cm³/mol. The smallest absolute Gasteiger partial charge is 0.293 e. The monoisotopic (exact) mass is 439 g/mol. The number of anilines is 1. The highest BCUT2D eigenvalue weighted by molar-refractivity contribution is 5.98. The summed E-state index contributed by atoms with van der Waals surface area (Å²) in [6, 6.07) is 24.9. The van der Waals surface area contributed by atoms with Crippen molar-refractivity contribution in [1.29, 1.82) is 0 Å². The molecule has 2 amide bonds. The Bertz CT molecular complexity index is 1230. The van der Waals surface area contributed by atoms with Gasteiger partial charge in [-0.1, -0.05) is 60.7 Å². The van der Waals surface area contributed by atoms with E-state index in [1.54, 1.807) is 11.7 Å². The number of carbonyl (C=O) groups is 2. The van der Waals surface area contributed by atoms with Crippen LogP contribution >= 0.6 is 0 Å². The van der Waals surface area contributed by atoms with Crippen LogP contribution in [0.2, 0.25) is 0 Å². The van der Waals surface area contributed by atoms with Gasteiger partial charge in [0.05, 0.1) is 12.2 Å². The van der Waals surface area contributed by atoms with Crippen LogP contribution in [0.4, 0.5) is 5.69 Å². The van der Waals surface area contributed by atoms with Crippen molar-refractivity contribution in [2.45, 2.75) is 13.8 Å². The van der Waals surface area contributed by atoms with Crippen molar-refractivity contribution in [1.82, 2.24) is 19.7 Å². The number of nitrogens with one attached hydrogen (secondary N) is 1. The van der Waals surface area contributed by atoms with Gasteiger partial charge >= 0.3 is 0 Å². The molecule has 0 spiro atoms. The summed E-state index contributed by atoms with van der Waals surface area (Å²) in [5.41, 5.74) is 4.36. The van der Waals surface area contributed by atoms with Gasteiger partial charge in [0.25, 0.3) is 5.91 Å². The number of nitrogens with zero attached hydrogens (tertiary/aromatic N) is 4. The van der Waals surface area contributed by atoms with Crippen molar-refractivity contribution in [3.63, 3.8) is 0 Å². The van der Waals surface area contributed by atoms with Crippen molar-refractivity contribution in [2.75, 3.05) is 18.9 Å². The second kappa shape index (κ2) is 9.48. The third-order valence-corrected chi connectivity index (χ3v) is 5.23. The van der Waals surface area contributed by atoms with E-state index >= 15 is 0 Å². The molecule has 0 aliphatic heterocycles. The molecule has 33 heavy (non-hydrogen) atoms. The molecule has 0 saturated carbocycles. The summed E-state index contributed by atoms with van der Waals surface area (Å²) in [4.78, 5) is 31.5. The molecule has 0 aliphatic rings. The Morgan fingerprint density at radius 2 is 1.61 bits per heavy atom. The van der Waals surface area contributed by atoms with Crippen molar-refractivity contribution in [3.05, 3.63) is 95.8 Å². The van der Waals surface area contributed by atoms with Crippen LogP contribution in [0.25, 0.3) is 17.1 Å². The zero-order valence-electron chi connectivity index (χ0n) is 18.8. The van der Waals surface area contributed by atoms with Gasteiger partial charge in [-0.3, -0.25) is 9.59 Å². The summed E-state index contributed by atoms with van der Waals surface area (Å²) in [7, 11) is 1.57. The first-order valence-corrected chi connectivity index (χ1v) is 10.6. The molecule has 7 heteroatoms. The van der Waals surface area contributed by atoms with E-state index in [2.05, 4.69) is 15.4 Å². The second-order valence-electron chi connectivity index (χ2n) is 7.90. The lowest BCUT2D eigenvalue weighted by atomic mass is 10.1. The van der Waals surface area contributed by atoms with Crippen LogP contribution in [0.1, 0.15) is 21.7 Å². The molecule has 7 nitrogen and oxygen atoms in total. The lowest BCUT2D eigenvalue weighted by molar-refractivity contribution is -0.116. The van der Waals surface area contributed by atoms with E-state index in [0.717, 1.165) is 28.1 Å². The minimum absolute atomic E-state index is 0.0275. The maximum atomic E-state index is 13.1. The Balaban J connectivity index is 1.57. The van der Waals surface area contributed by atoms with Crippen LogP contribution < -0.4 is 5.32 Å². The van der Waals surface area contributed by atoms with Crippen LogP contribution in [0.5, 0.6) is 0 Å². The number of amides is 2. The van der Waals surface area contributed by atoms with Crippen molar-refractivity contribution >= 4 is 17.5 Å². The molecule has 0 radical (unpaired) electrons. The van der Waals surface area contributed by atoms with Gasteiger partial charge in [0, 0.05) is 18.3 Å². The maximum Gasteiger partial charge on any atom is 0.293 e. The number of likely N-dealkylation sites (N-methyl/N-ethyl adjacent to an activating group) is 1. The molecule has 4 rings (SSSR count). The first kappa shape index (κ1) is 22.0. The van der Waals surface area contributed by atoms with E-state index in [0.29, 0.717) is 5.82 Å². The summed E-state index contributed by atoms with van der Waals surface area (Å²) in [5.74, 6) is -0.138. The van der Waals surface area contributed by atoms with E-state index in [1.165, 1.54) is 4.90 Å². The zero-order chi connectivity index (χ0) is 23.4. The molecule has 3 aromatic carbocycles. The number of carbonyl (C=O) groups excluding carboxylic acids is 2. The normalized spacial score (nSPS) is 10.6. The minimum atomic E-state index is -0.432. The Morgan fingerprint density at radius 3 is 2.30 bits per heavy atom. The van der Waals surface area contributed by atoms with Crippen LogP contribution in [-0.2, 0) is 4.79 Å². The number of rotatable bonds is 6. The molecule has 0 fully saturated rings. The first-order valence-electron chi connectivity index (χ1n) is 10.6. The molecule has 1 N–H and O–H groups in total. The molecule has 0 aliphatic carbocycles. The van der Waals surface area contributed by atoms with Crippen molar-refractivity contribution in [2.24, 2.45) is 0 Å². The second-order valence-corrected chi connectivity index (χ2v) is 7.90. The number of benzene rings is 3. The van der Waals surface area contributed by atoms with Gasteiger partial charge in [0.2, 0.25) is 11.7 Å². The van der Waals surface area contributed by atoms with Crippen LogP contribution in [-0.4, -0.2) is 45.1 Å². The molecule has 1 heterocycles. The molecular formula is C26H25N5O2. The summed E-state index contributed by atoms with van der Waals surface area (Å²) in [5, 5.41) is 7.36. The fourth-order valence-electron chi connectivity index (χ4n) is 3.44. The number of aryl methyl sites for hydroxylation is 2. The van der Waals surface area contributed by atoms with E-state index in [1.807, 2.05) is 92.7 Å². The lowest BCUT2D eigenvalue weighted by Crippen LogP contribution is -2.35. The number of aromatic nitrogens is 3. The summed E-state index contributed by atoms with van der Waals surface area (Å²) in [6.45, 7) is 3.77. The van der Waals surface area contributed by atoms with Gasteiger partial charge in [-0.15, -0.1) is 5.10 Å². The number of hydrogen-bond donors (Lipinski definition) is 1. The fourth-order valence-corrected chi connectivity index (χ4v) is 3.44. The maximum absolute atomic E-state index is 13.1. The third kappa shape index (κ3) is 4.98. The van der Waals surface area contributed by atoms with E-state index in [-0.39, 0.29) is 18.3 Å². The first-order chi connectivity index (χ1) is 15.9. The van der Waals surface area contributed by atoms with E-state index in [4.69, 9.17) is 0 Å². The standard InChI is InChI=1S/C26H25N5O2/c1-18-14-15-19(2)22(16-18)27-23(32)17-30(3)26(33)24-28-25(20-10-6-4-7-11-20)31(29-24)21-12-8-5-9-13-21/h4-16H,17H2,1-3H3,(H,27,32). The molecule has 166 valence electrons. The Morgan fingerprint density at radius 1 is 0.939 bits per heavy atom. The third-order valence-electron chi connectivity index (χ3n) is 5.23. The molecule has 0 atom stereocenters. The highest BCUT2D eigenvalue weighted by Crippen LogP contribution is 2.21. The number of para-hydroxylation sites is 1. The van der Waals surface area contributed by atoms with Gasteiger partial charge in [-0.05, 0) is 43.2 Å². The van der Waals surface area contributed by atoms with Crippen LogP contribution in [0, 0.1) is 13.8 Å². The predicted octanol–water partition coefficient (Wildman–Crippen LogP) is 4.26. The topological polar surface area (TPSA) is 80.1 Å². The van der Waals surface area contributed by atoms with Crippen LogP contribution in [0.3, 0.4) is 0 Å². The largest absolute Gasteiger partial charge is 0.330 e. The molecular weight excluding hydrogens is 414 g/mol. The van der Waals surface area contributed by atoms with Crippen LogP contribution in [0.15, 0.2) is 78.9 Å². The van der Waals surface area contributed by atoms with Gasteiger partial charge < -0.3 is 10.2 Å². The average molecular weight is 440 g/mol. The van der Waals surface area contributed by atoms with Gasteiger partial charge in [-0.25, -0.2) is 9.67 Å². The molecule has 0 bridgehead atoms. The van der Waals surface area contributed by atoms with Crippen molar-refractivity contribution in [3.8, 4) is 17.1 Å². The minimum Gasteiger partial charge on any atom is -0.330 e. The summed E-state index contributed by atoms with van der Waals surface area (Å²) >= 11 is 0. The van der Waals surface area contributed by atoms with Gasteiger partial charge in [0.1, 0.15) is 0 Å². The van der Waals surface area contributed by atoms with Crippen molar-refractivity contribution < 1.29 is 9.59 Å². The molecule has 0 unspecified atom stereocenters. The highest BCUT2D eigenvalue weighted by Gasteiger charge is 2.23. The average Bonchev–Trinajstić information content (AvgIpc) is 3.27.